The normalized spacial score (nSPS) is 10.7. The number of methoxy groups -OCH3 is 1. The van der Waals surface area contributed by atoms with Gasteiger partial charge in [0.2, 0.25) is 0 Å². The number of carbonyl (C=O) groups excluding carboxylic acids is 1. The van der Waals surface area contributed by atoms with Crippen molar-refractivity contribution >= 4 is 27.5 Å². The van der Waals surface area contributed by atoms with Gasteiger partial charge in [0.25, 0.3) is 5.91 Å². The first kappa shape index (κ1) is 12.7. The monoisotopic (exact) mass is 286 g/mol. The van der Waals surface area contributed by atoms with Crippen LogP contribution in [0.1, 0.15) is 16.1 Å². The lowest BCUT2D eigenvalue weighted by atomic mass is 10.2. The van der Waals surface area contributed by atoms with Crippen LogP contribution in [-0.4, -0.2) is 18.0 Å². The molecule has 5 heteroatoms. The van der Waals surface area contributed by atoms with Gasteiger partial charge in [-0.1, -0.05) is 12.1 Å². The number of amides is 1. The lowest BCUT2D eigenvalue weighted by Gasteiger charge is -2.05. The summed E-state index contributed by atoms with van der Waals surface area (Å²) in [5.41, 5.74) is 2.64. The van der Waals surface area contributed by atoms with Gasteiger partial charge in [0, 0.05) is 6.54 Å². The average molecular weight is 286 g/mol. The first-order valence-electron chi connectivity index (χ1n) is 6.23. The van der Waals surface area contributed by atoms with E-state index in [0.717, 1.165) is 21.5 Å². The van der Waals surface area contributed by atoms with Crippen LogP contribution in [0.4, 0.5) is 0 Å². The topological polar surface area (TPSA) is 54.1 Å². The Hall–Kier alpha value is -2.27. The zero-order chi connectivity index (χ0) is 13.9. The molecule has 0 fully saturated rings. The number of ether oxygens (including phenoxy) is 1. The van der Waals surface area contributed by atoms with Gasteiger partial charge in [0.15, 0.2) is 0 Å². The molecule has 4 nitrogen and oxygen atoms in total. The fourth-order valence-electron chi connectivity index (χ4n) is 1.99. The van der Waals surface area contributed by atoms with Crippen molar-refractivity contribution in [2.24, 2.45) is 0 Å². The molecule has 0 bridgehead atoms. The summed E-state index contributed by atoms with van der Waals surface area (Å²) in [5, 5.41) is 4.90. The summed E-state index contributed by atoms with van der Waals surface area (Å²) < 4.78 is 6.19. The highest BCUT2D eigenvalue weighted by molar-refractivity contribution is 7.17. The quantitative estimate of drug-likeness (QED) is 0.774. The fourth-order valence-corrected chi connectivity index (χ4v) is 2.77. The Morgan fingerprint density at radius 1 is 1.30 bits per heavy atom. The number of aromatic amines is 1. The van der Waals surface area contributed by atoms with Crippen LogP contribution < -0.4 is 10.1 Å². The Bertz CT molecular complexity index is 699. The molecule has 3 aromatic rings. The fraction of sp³-hybridized carbons (Fsp3) is 0.133. The molecule has 1 aromatic carbocycles. The number of H-pyrrole nitrogens is 1. The van der Waals surface area contributed by atoms with Gasteiger partial charge in [-0.2, -0.15) is 0 Å². The van der Waals surface area contributed by atoms with Crippen molar-refractivity contribution in [3.05, 3.63) is 53.0 Å². The summed E-state index contributed by atoms with van der Waals surface area (Å²) in [4.78, 5) is 15.2. The van der Waals surface area contributed by atoms with E-state index in [1.54, 1.807) is 18.4 Å². The Morgan fingerprint density at radius 2 is 2.10 bits per heavy atom. The number of benzene rings is 1. The third kappa shape index (κ3) is 2.53. The van der Waals surface area contributed by atoms with E-state index < -0.39 is 0 Å². The number of rotatable bonds is 4. The van der Waals surface area contributed by atoms with Gasteiger partial charge in [-0.15, -0.1) is 11.3 Å². The molecule has 2 heterocycles. The minimum Gasteiger partial charge on any atom is -0.497 e. The number of carbonyl (C=O) groups is 1. The van der Waals surface area contributed by atoms with E-state index in [4.69, 9.17) is 4.74 Å². The SMILES string of the molecule is COc1ccc(CNC(=O)c2cc3sccc3[nH]2)cc1. The molecule has 0 spiro atoms. The minimum absolute atomic E-state index is 0.0933. The number of hydrogen-bond acceptors (Lipinski definition) is 3. The first-order valence-corrected chi connectivity index (χ1v) is 7.11. The van der Waals surface area contributed by atoms with Crippen LogP contribution in [-0.2, 0) is 6.54 Å². The summed E-state index contributed by atoms with van der Waals surface area (Å²) in [6, 6.07) is 11.5. The maximum Gasteiger partial charge on any atom is 0.268 e. The second-order valence-corrected chi connectivity index (χ2v) is 5.36. The molecule has 0 radical (unpaired) electrons. The predicted molar refractivity (Wildman–Crippen MR) is 80.3 cm³/mol. The van der Waals surface area contributed by atoms with Gasteiger partial charge in [0.05, 0.1) is 17.3 Å². The minimum atomic E-state index is -0.0933. The number of thiophene rings is 1. The van der Waals surface area contributed by atoms with Crippen LogP contribution in [0.15, 0.2) is 41.8 Å². The van der Waals surface area contributed by atoms with Crippen LogP contribution >= 0.6 is 11.3 Å². The molecule has 0 atom stereocenters. The van der Waals surface area contributed by atoms with Crippen LogP contribution in [0.3, 0.4) is 0 Å². The highest BCUT2D eigenvalue weighted by Gasteiger charge is 2.09. The third-order valence-electron chi connectivity index (χ3n) is 3.10. The van der Waals surface area contributed by atoms with Gasteiger partial charge in [-0.3, -0.25) is 4.79 Å². The van der Waals surface area contributed by atoms with Gasteiger partial charge >= 0.3 is 0 Å². The standard InChI is InChI=1S/C15H14N2O2S/c1-19-11-4-2-10(3-5-11)9-16-15(18)13-8-14-12(17-13)6-7-20-14/h2-8,17H,9H2,1H3,(H,16,18). The van der Waals surface area contributed by atoms with E-state index in [2.05, 4.69) is 10.3 Å². The maximum absolute atomic E-state index is 12.0. The van der Waals surface area contributed by atoms with Gasteiger partial charge in [0.1, 0.15) is 11.4 Å². The Morgan fingerprint density at radius 3 is 2.80 bits per heavy atom. The Balaban J connectivity index is 1.65. The molecule has 0 unspecified atom stereocenters. The van der Waals surface area contributed by atoms with Crippen molar-refractivity contribution in [1.82, 2.24) is 10.3 Å². The van der Waals surface area contributed by atoms with E-state index in [-0.39, 0.29) is 5.91 Å². The number of hydrogen-bond donors (Lipinski definition) is 2. The zero-order valence-corrected chi connectivity index (χ0v) is 11.8. The van der Waals surface area contributed by atoms with Crippen molar-refractivity contribution < 1.29 is 9.53 Å². The highest BCUT2D eigenvalue weighted by atomic mass is 32.1. The highest BCUT2D eigenvalue weighted by Crippen LogP contribution is 2.21. The van der Waals surface area contributed by atoms with Crippen molar-refractivity contribution in [1.29, 1.82) is 0 Å². The summed E-state index contributed by atoms with van der Waals surface area (Å²) in [5.74, 6) is 0.717. The molecule has 2 aromatic heterocycles. The van der Waals surface area contributed by atoms with Crippen LogP contribution in [0, 0.1) is 0 Å². The maximum atomic E-state index is 12.0. The molecule has 0 aliphatic rings. The van der Waals surface area contributed by atoms with Crippen molar-refractivity contribution in [2.75, 3.05) is 7.11 Å². The van der Waals surface area contributed by atoms with E-state index in [9.17, 15) is 4.79 Å². The second kappa shape index (κ2) is 5.38. The molecule has 1 amide bonds. The van der Waals surface area contributed by atoms with E-state index >= 15 is 0 Å². The molecular formula is C15H14N2O2S. The van der Waals surface area contributed by atoms with Gasteiger partial charge in [-0.05, 0) is 35.2 Å². The van der Waals surface area contributed by atoms with E-state index in [1.165, 1.54) is 0 Å². The number of nitrogens with one attached hydrogen (secondary N) is 2. The Labute approximate surface area is 120 Å². The zero-order valence-electron chi connectivity index (χ0n) is 11.0. The first-order chi connectivity index (χ1) is 9.76. The average Bonchev–Trinajstić information content (AvgIpc) is 3.06. The van der Waals surface area contributed by atoms with Crippen molar-refractivity contribution in [2.45, 2.75) is 6.54 Å². The second-order valence-electron chi connectivity index (χ2n) is 4.41. The lowest BCUT2D eigenvalue weighted by Crippen LogP contribution is -2.22. The molecule has 102 valence electrons. The molecule has 3 rings (SSSR count). The Kier molecular flexibility index (Phi) is 3.43. The summed E-state index contributed by atoms with van der Waals surface area (Å²) >= 11 is 1.62. The molecular weight excluding hydrogens is 272 g/mol. The van der Waals surface area contributed by atoms with E-state index in [0.29, 0.717) is 12.2 Å². The van der Waals surface area contributed by atoms with Crippen LogP contribution in [0.25, 0.3) is 10.2 Å². The van der Waals surface area contributed by atoms with Crippen LogP contribution in [0.2, 0.25) is 0 Å². The number of fused-ring (bicyclic) bond motifs is 1. The molecule has 2 N–H and O–H groups in total. The molecule has 20 heavy (non-hydrogen) atoms. The largest absolute Gasteiger partial charge is 0.497 e. The van der Waals surface area contributed by atoms with Gasteiger partial charge < -0.3 is 15.0 Å². The summed E-state index contributed by atoms with van der Waals surface area (Å²) in [6.45, 7) is 0.496. The van der Waals surface area contributed by atoms with Crippen molar-refractivity contribution in [3.63, 3.8) is 0 Å². The van der Waals surface area contributed by atoms with Gasteiger partial charge in [-0.25, -0.2) is 0 Å². The third-order valence-corrected chi connectivity index (χ3v) is 3.96. The van der Waals surface area contributed by atoms with Crippen molar-refractivity contribution in [3.8, 4) is 5.75 Å². The lowest BCUT2D eigenvalue weighted by molar-refractivity contribution is 0.0947. The molecule has 0 aliphatic heterocycles. The smallest absolute Gasteiger partial charge is 0.268 e. The summed E-state index contributed by atoms with van der Waals surface area (Å²) in [7, 11) is 1.63. The summed E-state index contributed by atoms with van der Waals surface area (Å²) in [6.07, 6.45) is 0. The van der Waals surface area contributed by atoms with E-state index in [1.807, 2.05) is 41.8 Å². The predicted octanol–water partition coefficient (Wildman–Crippen LogP) is 3.17. The molecule has 0 aliphatic carbocycles. The molecule has 0 saturated carbocycles. The van der Waals surface area contributed by atoms with Crippen LogP contribution in [0.5, 0.6) is 5.75 Å². The molecule has 0 saturated heterocycles. The number of aromatic nitrogens is 1.